The number of carboxylic acid groups (broad SMARTS) is 1. The fraction of sp³-hybridized carbons (Fsp3) is 0.368. The Morgan fingerprint density at radius 1 is 1.23 bits per heavy atom. The van der Waals surface area contributed by atoms with Gasteiger partial charge in [-0.05, 0) is 30.5 Å². The third-order valence-corrected chi connectivity index (χ3v) is 5.74. The summed E-state index contributed by atoms with van der Waals surface area (Å²) in [5.41, 5.74) is 1.25. The summed E-state index contributed by atoms with van der Waals surface area (Å²) in [6.45, 7) is 2.23. The highest BCUT2D eigenvalue weighted by atomic mass is 32.1. The summed E-state index contributed by atoms with van der Waals surface area (Å²) in [5.74, 6) is 0.368. The number of carboxylic acids is 1. The number of likely N-dealkylation sites (tertiary alicyclic amines) is 1. The Morgan fingerprint density at radius 3 is 2.92 bits per heavy atom. The summed E-state index contributed by atoms with van der Waals surface area (Å²) in [7, 11) is 0. The lowest BCUT2D eigenvalue weighted by Gasteiger charge is -2.33. The quantitative estimate of drug-likeness (QED) is 0.894. The van der Waals surface area contributed by atoms with Crippen molar-refractivity contribution in [1.29, 1.82) is 0 Å². The number of piperidine rings is 1. The first-order chi connectivity index (χ1) is 12.6. The molecule has 1 atom stereocenters. The van der Waals surface area contributed by atoms with Crippen LogP contribution in [0.15, 0.2) is 29.6 Å². The number of carbonyl (C=O) groups is 2. The molecule has 1 saturated heterocycles. The van der Waals surface area contributed by atoms with Crippen LogP contribution in [0.2, 0.25) is 0 Å². The van der Waals surface area contributed by atoms with Crippen LogP contribution in [0.3, 0.4) is 0 Å². The van der Waals surface area contributed by atoms with E-state index in [-0.39, 0.29) is 17.4 Å². The number of carbonyl (C=O) groups excluding carboxylic acids is 1. The normalized spacial score (nSPS) is 19.2. The van der Waals surface area contributed by atoms with Crippen molar-refractivity contribution >= 4 is 23.2 Å². The highest BCUT2D eigenvalue weighted by Crippen LogP contribution is 2.40. The first-order valence-corrected chi connectivity index (χ1v) is 9.51. The molecule has 1 unspecified atom stereocenters. The van der Waals surface area contributed by atoms with Gasteiger partial charge in [-0.3, -0.25) is 4.79 Å². The van der Waals surface area contributed by atoms with Crippen LogP contribution in [-0.4, -0.2) is 48.2 Å². The maximum absolute atomic E-state index is 13.0. The molecule has 2 aliphatic rings. The SMILES string of the molecule is O=C(O)c1cccc(C2CCCN(C(=O)c3scc4c3OCCO4)C2)c1. The fourth-order valence-corrected chi connectivity index (χ4v) is 4.41. The van der Waals surface area contributed by atoms with Crippen molar-refractivity contribution < 1.29 is 24.2 Å². The zero-order chi connectivity index (χ0) is 18.1. The van der Waals surface area contributed by atoms with Gasteiger partial charge >= 0.3 is 5.97 Å². The highest BCUT2D eigenvalue weighted by Gasteiger charge is 2.30. The van der Waals surface area contributed by atoms with E-state index in [9.17, 15) is 14.7 Å². The van der Waals surface area contributed by atoms with E-state index in [1.807, 2.05) is 16.3 Å². The van der Waals surface area contributed by atoms with Crippen molar-refractivity contribution in [2.45, 2.75) is 18.8 Å². The van der Waals surface area contributed by atoms with Crippen LogP contribution in [0.1, 0.15) is 44.4 Å². The van der Waals surface area contributed by atoms with E-state index >= 15 is 0 Å². The second kappa shape index (κ2) is 6.99. The lowest BCUT2D eigenvalue weighted by atomic mass is 9.89. The van der Waals surface area contributed by atoms with Crippen molar-refractivity contribution in [3.63, 3.8) is 0 Å². The topological polar surface area (TPSA) is 76.1 Å². The van der Waals surface area contributed by atoms with E-state index in [1.165, 1.54) is 11.3 Å². The number of ether oxygens (including phenoxy) is 2. The van der Waals surface area contributed by atoms with Crippen LogP contribution < -0.4 is 9.47 Å². The number of rotatable bonds is 3. The van der Waals surface area contributed by atoms with Crippen LogP contribution in [0.4, 0.5) is 0 Å². The number of hydrogen-bond donors (Lipinski definition) is 1. The average Bonchev–Trinajstić information content (AvgIpc) is 3.12. The van der Waals surface area contributed by atoms with Crippen molar-refractivity contribution in [2.24, 2.45) is 0 Å². The molecular formula is C19H19NO5S. The number of thiophene rings is 1. The number of nitrogens with zero attached hydrogens (tertiary/aromatic N) is 1. The third-order valence-electron chi connectivity index (χ3n) is 4.81. The van der Waals surface area contributed by atoms with Gasteiger partial charge in [0.1, 0.15) is 18.1 Å². The van der Waals surface area contributed by atoms with Gasteiger partial charge in [0.05, 0.1) is 5.56 Å². The van der Waals surface area contributed by atoms with E-state index < -0.39 is 5.97 Å². The molecule has 6 nitrogen and oxygen atoms in total. The fourth-order valence-electron chi connectivity index (χ4n) is 3.51. The van der Waals surface area contributed by atoms with Gasteiger partial charge in [0.25, 0.3) is 5.91 Å². The van der Waals surface area contributed by atoms with Gasteiger partial charge in [0.15, 0.2) is 11.5 Å². The third kappa shape index (κ3) is 3.14. The van der Waals surface area contributed by atoms with E-state index in [4.69, 9.17) is 9.47 Å². The van der Waals surface area contributed by atoms with Crippen LogP contribution >= 0.6 is 11.3 Å². The predicted molar refractivity (Wildman–Crippen MR) is 96.6 cm³/mol. The first-order valence-electron chi connectivity index (χ1n) is 8.63. The molecule has 26 heavy (non-hydrogen) atoms. The van der Waals surface area contributed by atoms with E-state index in [2.05, 4.69) is 0 Å². The molecule has 3 heterocycles. The van der Waals surface area contributed by atoms with Gasteiger partial charge in [-0.1, -0.05) is 12.1 Å². The van der Waals surface area contributed by atoms with Gasteiger partial charge in [-0.25, -0.2) is 4.79 Å². The second-order valence-electron chi connectivity index (χ2n) is 6.48. The van der Waals surface area contributed by atoms with Crippen molar-refractivity contribution in [2.75, 3.05) is 26.3 Å². The lowest BCUT2D eigenvalue weighted by molar-refractivity contribution is 0.0686. The minimum Gasteiger partial charge on any atom is -0.485 e. The monoisotopic (exact) mass is 373 g/mol. The van der Waals surface area contributed by atoms with Crippen molar-refractivity contribution in [3.05, 3.63) is 45.6 Å². The lowest BCUT2D eigenvalue weighted by Crippen LogP contribution is -2.39. The summed E-state index contributed by atoms with van der Waals surface area (Å²) >= 11 is 1.35. The molecule has 2 aliphatic heterocycles. The van der Waals surface area contributed by atoms with Crippen LogP contribution in [-0.2, 0) is 0 Å². The summed E-state index contributed by atoms with van der Waals surface area (Å²) < 4.78 is 11.2. The maximum atomic E-state index is 13.0. The van der Waals surface area contributed by atoms with E-state index in [0.717, 1.165) is 18.4 Å². The smallest absolute Gasteiger partial charge is 0.335 e. The van der Waals surface area contributed by atoms with Gasteiger partial charge in [-0.2, -0.15) is 0 Å². The maximum Gasteiger partial charge on any atom is 0.335 e. The zero-order valence-corrected chi connectivity index (χ0v) is 15.0. The summed E-state index contributed by atoms with van der Waals surface area (Å²) in [5, 5.41) is 11.0. The number of fused-ring (bicyclic) bond motifs is 1. The average molecular weight is 373 g/mol. The highest BCUT2D eigenvalue weighted by molar-refractivity contribution is 7.12. The molecule has 136 valence electrons. The van der Waals surface area contributed by atoms with Crippen LogP contribution in [0.25, 0.3) is 0 Å². The molecule has 1 fully saturated rings. The Bertz CT molecular complexity index is 846. The van der Waals surface area contributed by atoms with Gasteiger partial charge in [0.2, 0.25) is 0 Å². The molecule has 0 saturated carbocycles. The van der Waals surface area contributed by atoms with E-state index in [0.29, 0.717) is 42.7 Å². The molecule has 0 bridgehead atoms. The molecule has 7 heteroatoms. The second-order valence-corrected chi connectivity index (χ2v) is 7.36. The summed E-state index contributed by atoms with van der Waals surface area (Å²) in [6.07, 6.45) is 1.83. The molecule has 2 aromatic rings. The largest absolute Gasteiger partial charge is 0.485 e. The molecule has 1 amide bonds. The standard InChI is InChI=1S/C19H19NO5S/c21-18(17-16-15(11-26-17)24-7-8-25-16)20-6-2-5-14(10-20)12-3-1-4-13(9-12)19(22)23/h1,3-4,9,11,14H,2,5-8,10H2,(H,22,23). The molecule has 1 aromatic carbocycles. The van der Waals surface area contributed by atoms with Crippen molar-refractivity contribution in [1.82, 2.24) is 4.90 Å². The Morgan fingerprint density at radius 2 is 2.08 bits per heavy atom. The van der Waals surface area contributed by atoms with Gasteiger partial charge in [-0.15, -0.1) is 11.3 Å². The van der Waals surface area contributed by atoms with Crippen molar-refractivity contribution in [3.8, 4) is 11.5 Å². The van der Waals surface area contributed by atoms with E-state index in [1.54, 1.807) is 18.2 Å². The molecule has 1 aromatic heterocycles. The molecule has 0 spiro atoms. The van der Waals surface area contributed by atoms with Gasteiger partial charge in [0, 0.05) is 24.4 Å². The first kappa shape index (κ1) is 16.9. The number of hydrogen-bond acceptors (Lipinski definition) is 5. The minimum absolute atomic E-state index is 0.0409. The molecule has 4 rings (SSSR count). The summed E-state index contributed by atoms with van der Waals surface area (Å²) in [4.78, 5) is 26.6. The minimum atomic E-state index is -0.932. The summed E-state index contributed by atoms with van der Waals surface area (Å²) in [6, 6.07) is 7.01. The number of benzene rings is 1. The Labute approximate surface area is 155 Å². The Hall–Kier alpha value is -2.54. The number of amides is 1. The molecule has 1 N–H and O–H groups in total. The molecule has 0 aliphatic carbocycles. The Balaban J connectivity index is 1.53. The molecular weight excluding hydrogens is 354 g/mol. The van der Waals surface area contributed by atoms with Crippen LogP contribution in [0.5, 0.6) is 11.5 Å². The zero-order valence-electron chi connectivity index (χ0n) is 14.1. The Kier molecular flexibility index (Phi) is 4.55. The number of aromatic carboxylic acids is 1. The van der Waals surface area contributed by atoms with Crippen LogP contribution in [0, 0.1) is 0 Å². The molecule has 0 radical (unpaired) electrons. The van der Waals surface area contributed by atoms with Gasteiger partial charge < -0.3 is 19.5 Å². The predicted octanol–water partition coefficient (Wildman–Crippen LogP) is 3.24.